The Morgan fingerprint density at radius 2 is 2.36 bits per heavy atom. The number of hydrogen-bond acceptors (Lipinski definition) is 3. The Morgan fingerprint density at radius 1 is 1.50 bits per heavy atom. The summed E-state index contributed by atoms with van der Waals surface area (Å²) in [6.07, 6.45) is 2.10. The minimum atomic E-state index is -0.363. The monoisotopic (exact) mass is 192 g/mol. The lowest BCUT2D eigenvalue weighted by Crippen LogP contribution is -2.40. The SMILES string of the molecule is O=C1NC(=O)N2Cc3[nH]cnc3C[C@@H]12. The first kappa shape index (κ1) is 7.54. The van der Waals surface area contributed by atoms with Crippen LogP contribution in [0.4, 0.5) is 4.79 Å². The lowest BCUT2D eigenvalue weighted by atomic mass is 10.0. The first-order chi connectivity index (χ1) is 6.75. The maximum Gasteiger partial charge on any atom is 0.325 e. The Bertz CT molecular complexity index is 388. The zero-order chi connectivity index (χ0) is 9.71. The standard InChI is InChI=1S/C8H8N4O2/c13-7-6-1-4-5(10-3-9-4)2-12(6)8(14)11-7/h3,6H,1-2H2,(H,9,10)(H,11,13,14)/t6-/m0/s1. The van der Waals surface area contributed by atoms with Crippen molar-refractivity contribution in [1.82, 2.24) is 20.2 Å². The highest BCUT2D eigenvalue weighted by molar-refractivity contribution is 6.04. The van der Waals surface area contributed by atoms with Gasteiger partial charge in [0.25, 0.3) is 5.91 Å². The van der Waals surface area contributed by atoms with Gasteiger partial charge in [-0.15, -0.1) is 0 Å². The zero-order valence-electron chi connectivity index (χ0n) is 7.28. The number of nitrogens with one attached hydrogen (secondary N) is 2. The van der Waals surface area contributed by atoms with E-state index in [1.165, 1.54) is 4.90 Å². The number of nitrogens with zero attached hydrogens (tertiary/aromatic N) is 2. The largest absolute Gasteiger partial charge is 0.347 e. The Hall–Kier alpha value is -1.85. The van der Waals surface area contributed by atoms with Gasteiger partial charge in [0.15, 0.2) is 0 Å². The molecular weight excluding hydrogens is 184 g/mol. The van der Waals surface area contributed by atoms with Gasteiger partial charge < -0.3 is 9.88 Å². The van der Waals surface area contributed by atoms with E-state index in [9.17, 15) is 9.59 Å². The Morgan fingerprint density at radius 3 is 3.21 bits per heavy atom. The van der Waals surface area contributed by atoms with Gasteiger partial charge in [0.1, 0.15) is 6.04 Å². The summed E-state index contributed by atoms with van der Waals surface area (Å²) in [5.41, 5.74) is 1.81. The summed E-state index contributed by atoms with van der Waals surface area (Å²) in [4.78, 5) is 31.2. The fourth-order valence-corrected chi connectivity index (χ4v) is 1.94. The molecule has 1 atom stereocenters. The second-order valence-electron chi connectivity index (χ2n) is 3.47. The highest BCUT2D eigenvalue weighted by atomic mass is 16.2. The number of imidazole rings is 1. The maximum absolute atomic E-state index is 11.3. The van der Waals surface area contributed by atoms with Gasteiger partial charge in [0.05, 0.1) is 24.3 Å². The third-order valence-corrected chi connectivity index (χ3v) is 2.69. The number of rotatable bonds is 0. The van der Waals surface area contributed by atoms with E-state index < -0.39 is 0 Å². The Kier molecular flexibility index (Phi) is 1.26. The molecule has 6 heteroatoms. The average Bonchev–Trinajstić information content (AvgIpc) is 2.70. The third kappa shape index (κ3) is 0.822. The van der Waals surface area contributed by atoms with Gasteiger partial charge in [-0.1, -0.05) is 0 Å². The second kappa shape index (κ2) is 2.34. The summed E-state index contributed by atoms with van der Waals surface area (Å²) < 4.78 is 0. The molecule has 0 radical (unpaired) electrons. The Balaban J connectivity index is 2.02. The molecule has 72 valence electrons. The Labute approximate surface area is 79.3 Å². The molecule has 3 rings (SSSR count). The molecule has 0 aliphatic carbocycles. The van der Waals surface area contributed by atoms with Crippen LogP contribution in [0.1, 0.15) is 11.4 Å². The number of carbonyl (C=O) groups is 2. The molecule has 6 nitrogen and oxygen atoms in total. The predicted molar refractivity (Wildman–Crippen MR) is 45.2 cm³/mol. The molecule has 0 bridgehead atoms. The molecule has 2 aliphatic rings. The van der Waals surface area contributed by atoms with E-state index in [1.807, 2.05) is 0 Å². The van der Waals surface area contributed by atoms with Crippen molar-refractivity contribution in [2.45, 2.75) is 19.0 Å². The maximum atomic E-state index is 11.3. The van der Waals surface area contributed by atoms with E-state index in [2.05, 4.69) is 15.3 Å². The molecule has 2 N–H and O–H groups in total. The summed E-state index contributed by atoms with van der Waals surface area (Å²) in [7, 11) is 0. The van der Waals surface area contributed by atoms with Crippen LogP contribution in [0, 0.1) is 0 Å². The van der Waals surface area contributed by atoms with Crippen molar-refractivity contribution in [2.75, 3.05) is 0 Å². The van der Waals surface area contributed by atoms with Gasteiger partial charge in [-0.05, 0) is 0 Å². The number of urea groups is 1. The molecule has 2 aliphatic heterocycles. The van der Waals surface area contributed by atoms with Gasteiger partial charge in [-0.25, -0.2) is 9.78 Å². The molecule has 3 heterocycles. The fraction of sp³-hybridized carbons (Fsp3) is 0.375. The summed E-state index contributed by atoms with van der Waals surface area (Å²) in [6, 6.07) is -0.668. The summed E-state index contributed by atoms with van der Waals surface area (Å²) in [6.45, 7) is 0.442. The van der Waals surface area contributed by atoms with Crippen molar-refractivity contribution in [1.29, 1.82) is 0 Å². The van der Waals surface area contributed by atoms with Crippen LogP contribution in [-0.2, 0) is 17.8 Å². The van der Waals surface area contributed by atoms with Crippen molar-refractivity contribution in [2.24, 2.45) is 0 Å². The summed E-state index contributed by atoms with van der Waals surface area (Å²) >= 11 is 0. The van der Waals surface area contributed by atoms with Crippen LogP contribution in [-0.4, -0.2) is 32.8 Å². The minimum absolute atomic E-state index is 0.219. The molecule has 1 fully saturated rings. The topological polar surface area (TPSA) is 78.1 Å². The molecule has 0 spiro atoms. The fourth-order valence-electron chi connectivity index (χ4n) is 1.94. The van der Waals surface area contributed by atoms with Gasteiger partial charge in [0.2, 0.25) is 0 Å². The van der Waals surface area contributed by atoms with Crippen LogP contribution in [0.15, 0.2) is 6.33 Å². The van der Waals surface area contributed by atoms with E-state index in [0.29, 0.717) is 13.0 Å². The molecule has 1 aromatic rings. The molecular formula is C8H8N4O2. The highest BCUT2D eigenvalue weighted by Gasteiger charge is 2.42. The van der Waals surface area contributed by atoms with Crippen LogP contribution in [0.2, 0.25) is 0 Å². The number of aromatic amines is 1. The first-order valence-corrected chi connectivity index (χ1v) is 4.38. The third-order valence-electron chi connectivity index (χ3n) is 2.69. The normalized spacial score (nSPS) is 24.6. The number of fused-ring (bicyclic) bond motifs is 2. The summed E-state index contributed by atoms with van der Waals surface area (Å²) in [5, 5.41) is 2.29. The van der Waals surface area contributed by atoms with Crippen molar-refractivity contribution >= 4 is 11.9 Å². The van der Waals surface area contributed by atoms with Gasteiger partial charge >= 0.3 is 6.03 Å². The predicted octanol–water partition coefficient (Wildman–Crippen LogP) is -0.614. The van der Waals surface area contributed by atoms with Crippen LogP contribution in [0.3, 0.4) is 0 Å². The number of H-pyrrole nitrogens is 1. The number of carbonyl (C=O) groups excluding carboxylic acids is 2. The van der Waals surface area contributed by atoms with Gasteiger partial charge in [0, 0.05) is 6.42 Å². The lowest BCUT2D eigenvalue weighted by molar-refractivity contribution is -0.121. The highest BCUT2D eigenvalue weighted by Crippen LogP contribution is 2.23. The molecule has 14 heavy (non-hydrogen) atoms. The molecule has 1 saturated heterocycles. The second-order valence-corrected chi connectivity index (χ2v) is 3.47. The molecule has 0 unspecified atom stereocenters. The number of imide groups is 1. The first-order valence-electron chi connectivity index (χ1n) is 4.38. The van der Waals surface area contributed by atoms with Crippen LogP contribution in [0.5, 0.6) is 0 Å². The molecule has 0 aromatic carbocycles. The lowest BCUT2D eigenvalue weighted by Gasteiger charge is -2.25. The van der Waals surface area contributed by atoms with E-state index in [4.69, 9.17) is 0 Å². The zero-order valence-corrected chi connectivity index (χ0v) is 7.28. The minimum Gasteiger partial charge on any atom is -0.347 e. The number of aromatic nitrogens is 2. The van der Waals surface area contributed by atoms with E-state index in [-0.39, 0.29) is 18.0 Å². The summed E-state index contributed by atoms with van der Waals surface area (Å²) in [5.74, 6) is -0.219. The molecule has 3 amide bonds. The van der Waals surface area contributed by atoms with E-state index >= 15 is 0 Å². The smallest absolute Gasteiger partial charge is 0.325 e. The van der Waals surface area contributed by atoms with Crippen LogP contribution < -0.4 is 5.32 Å². The van der Waals surface area contributed by atoms with Crippen molar-refractivity contribution in [3.8, 4) is 0 Å². The van der Waals surface area contributed by atoms with Crippen molar-refractivity contribution in [3.63, 3.8) is 0 Å². The van der Waals surface area contributed by atoms with Crippen LogP contribution in [0.25, 0.3) is 0 Å². The van der Waals surface area contributed by atoms with Crippen molar-refractivity contribution < 1.29 is 9.59 Å². The van der Waals surface area contributed by atoms with E-state index in [0.717, 1.165) is 11.4 Å². The van der Waals surface area contributed by atoms with Gasteiger partial charge in [-0.2, -0.15) is 0 Å². The number of amides is 3. The van der Waals surface area contributed by atoms with Gasteiger partial charge in [-0.3, -0.25) is 10.1 Å². The molecule has 0 saturated carbocycles. The van der Waals surface area contributed by atoms with Crippen LogP contribution >= 0.6 is 0 Å². The number of hydrogen-bond donors (Lipinski definition) is 2. The average molecular weight is 192 g/mol. The molecule has 1 aromatic heterocycles. The quantitative estimate of drug-likeness (QED) is 0.538. The van der Waals surface area contributed by atoms with E-state index in [1.54, 1.807) is 6.33 Å². The van der Waals surface area contributed by atoms with Crippen molar-refractivity contribution in [3.05, 3.63) is 17.7 Å².